The van der Waals surface area contributed by atoms with Crippen LogP contribution in [0.4, 0.5) is 0 Å². The van der Waals surface area contributed by atoms with Crippen LogP contribution in [0.5, 0.6) is 5.75 Å². The van der Waals surface area contributed by atoms with Gasteiger partial charge in [0, 0.05) is 12.6 Å². The smallest absolute Gasteiger partial charge is 0.115 e. The van der Waals surface area contributed by atoms with Crippen LogP contribution in [-0.2, 0) is 0 Å². The molecule has 0 saturated heterocycles. The molecule has 0 aliphatic rings. The largest absolute Gasteiger partial charge is 0.508 e. The third-order valence-electron chi connectivity index (χ3n) is 1.91. The van der Waals surface area contributed by atoms with E-state index in [9.17, 15) is 0 Å². The first-order valence-electron chi connectivity index (χ1n) is 3.90. The number of nitrogens with two attached hydrogens (primary N) is 2. The van der Waals surface area contributed by atoms with Crippen molar-refractivity contribution in [1.29, 1.82) is 0 Å². The molecule has 12 heavy (non-hydrogen) atoms. The van der Waals surface area contributed by atoms with Gasteiger partial charge in [0.15, 0.2) is 0 Å². The minimum atomic E-state index is -0.134. The van der Waals surface area contributed by atoms with Crippen molar-refractivity contribution in [1.82, 2.24) is 0 Å². The van der Waals surface area contributed by atoms with Crippen LogP contribution in [0.1, 0.15) is 17.2 Å². The average molecular weight is 166 g/mol. The topological polar surface area (TPSA) is 72.3 Å². The summed E-state index contributed by atoms with van der Waals surface area (Å²) in [5.74, 6) is 0.264. The molecule has 5 N–H and O–H groups in total. The van der Waals surface area contributed by atoms with Gasteiger partial charge in [-0.25, -0.2) is 0 Å². The predicted molar refractivity (Wildman–Crippen MR) is 48.8 cm³/mol. The van der Waals surface area contributed by atoms with E-state index < -0.39 is 0 Å². The molecule has 1 unspecified atom stereocenters. The van der Waals surface area contributed by atoms with Gasteiger partial charge in [0.05, 0.1) is 0 Å². The van der Waals surface area contributed by atoms with Gasteiger partial charge >= 0.3 is 0 Å². The lowest BCUT2D eigenvalue weighted by Crippen LogP contribution is -2.21. The Morgan fingerprint density at radius 1 is 1.50 bits per heavy atom. The zero-order chi connectivity index (χ0) is 9.14. The van der Waals surface area contributed by atoms with E-state index >= 15 is 0 Å². The fourth-order valence-corrected chi connectivity index (χ4v) is 1.20. The van der Waals surface area contributed by atoms with Crippen LogP contribution in [0.15, 0.2) is 18.2 Å². The van der Waals surface area contributed by atoms with Crippen LogP contribution < -0.4 is 11.5 Å². The van der Waals surface area contributed by atoms with Gasteiger partial charge < -0.3 is 16.6 Å². The van der Waals surface area contributed by atoms with Gasteiger partial charge in [0.25, 0.3) is 0 Å². The van der Waals surface area contributed by atoms with Crippen molar-refractivity contribution in [3.05, 3.63) is 29.3 Å². The van der Waals surface area contributed by atoms with E-state index in [4.69, 9.17) is 16.6 Å². The van der Waals surface area contributed by atoms with Gasteiger partial charge in [-0.15, -0.1) is 0 Å². The molecule has 0 bridgehead atoms. The molecular weight excluding hydrogens is 152 g/mol. The van der Waals surface area contributed by atoms with Crippen molar-refractivity contribution in [2.75, 3.05) is 6.54 Å². The number of aromatic hydroxyl groups is 1. The van der Waals surface area contributed by atoms with E-state index in [1.807, 2.05) is 13.0 Å². The molecule has 3 nitrogen and oxygen atoms in total. The second kappa shape index (κ2) is 3.56. The van der Waals surface area contributed by atoms with Crippen molar-refractivity contribution >= 4 is 0 Å². The lowest BCUT2D eigenvalue weighted by Gasteiger charge is -2.12. The van der Waals surface area contributed by atoms with E-state index in [1.54, 1.807) is 12.1 Å². The van der Waals surface area contributed by atoms with Gasteiger partial charge in [0.1, 0.15) is 5.75 Å². The van der Waals surface area contributed by atoms with E-state index in [1.165, 1.54) is 0 Å². The molecule has 3 heteroatoms. The summed E-state index contributed by atoms with van der Waals surface area (Å²) < 4.78 is 0. The van der Waals surface area contributed by atoms with Gasteiger partial charge in [-0.2, -0.15) is 0 Å². The number of phenolic OH excluding ortho intramolecular Hbond substituents is 1. The van der Waals surface area contributed by atoms with Gasteiger partial charge in [-0.05, 0) is 30.2 Å². The standard InChI is InChI=1S/C9H14N2O/c1-6-4-7(12)2-3-8(6)9(11)5-10/h2-4,9,12H,5,10-11H2,1H3. The number of rotatable bonds is 2. The summed E-state index contributed by atoms with van der Waals surface area (Å²) in [5.41, 5.74) is 13.1. The molecule has 1 aromatic carbocycles. The molecule has 0 saturated carbocycles. The lowest BCUT2D eigenvalue weighted by atomic mass is 10.0. The Morgan fingerprint density at radius 2 is 2.17 bits per heavy atom. The molecular formula is C9H14N2O. The zero-order valence-corrected chi connectivity index (χ0v) is 7.12. The summed E-state index contributed by atoms with van der Waals surface area (Å²) in [6, 6.07) is 4.98. The number of phenols is 1. The Hall–Kier alpha value is -1.06. The minimum absolute atomic E-state index is 0.134. The Balaban J connectivity index is 3.01. The quantitative estimate of drug-likeness (QED) is 0.604. The number of hydrogen-bond acceptors (Lipinski definition) is 3. The van der Waals surface area contributed by atoms with Crippen LogP contribution in [0.25, 0.3) is 0 Å². The van der Waals surface area contributed by atoms with E-state index in [2.05, 4.69) is 0 Å². The third-order valence-corrected chi connectivity index (χ3v) is 1.91. The van der Waals surface area contributed by atoms with Crippen LogP contribution in [0, 0.1) is 6.92 Å². The maximum absolute atomic E-state index is 9.12. The first-order chi connectivity index (χ1) is 5.65. The molecule has 0 amide bonds. The fraction of sp³-hybridized carbons (Fsp3) is 0.333. The molecule has 0 aliphatic heterocycles. The highest BCUT2D eigenvalue weighted by Crippen LogP contribution is 2.19. The normalized spacial score (nSPS) is 12.9. The summed E-state index contributed by atoms with van der Waals surface area (Å²) in [5, 5.41) is 9.12. The van der Waals surface area contributed by atoms with Crippen LogP contribution in [0.2, 0.25) is 0 Å². The number of benzene rings is 1. The highest BCUT2D eigenvalue weighted by molar-refractivity contribution is 5.35. The molecule has 1 atom stereocenters. The van der Waals surface area contributed by atoms with E-state index in [0.29, 0.717) is 6.54 Å². The Labute approximate surface area is 72.0 Å². The van der Waals surface area contributed by atoms with Crippen molar-refractivity contribution in [2.45, 2.75) is 13.0 Å². The maximum atomic E-state index is 9.12. The summed E-state index contributed by atoms with van der Waals surface area (Å²) in [6.07, 6.45) is 0. The molecule has 0 aliphatic carbocycles. The highest BCUT2D eigenvalue weighted by atomic mass is 16.3. The summed E-state index contributed by atoms with van der Waals surface area (Å²) in [7, 11) is 0. The number of aryl methyl sites for hydroxylation is 1. The predicted octanol–water partition coefficient (Wildman–Crippen LogP) is 0.659. The average Bonchev–Trinajstić information content (AvgIpc) is 2.03. The Bertz CT molecular complexity index is 273. The molecule has 1 rings (SSSR count). The molecule has 0 radical (unpaired) electrons. The zero-order valence-electron chi connectivity index (χ0n) is 7.12. The summed E-state index contributed by atoms with van der Waals surface area (Å²) >= 11 is 0. The lowest BCUT2D eigenvalue weighted by molar-refractivity contribution is 0.474. The monoisotopic (exact) mass is 166 g/mol. The fourth-order valence-electron chi connectivity index (χ4n) is 1.20. The van der Waals surface area contributed by atoms with Crippen LogP contribution in [-0.4, -0.2) is 11.7 Å². The summed E-state index contributed by atoms with van der Waals surface area (Å²) in [6.45, 7) is 2.33. The third kappa shape index (κ3) is 1.75. The van der Waals surface area contributed by atoms with Crippen molar-refractivity contribution in [2.24, 2.45) is 11.5 Å². The van der Waals surface area contributed by atoms with Gasteiger partial charge in [-0.3, -0.25) is 0 Å². The van der Waals surface area contributed by atoms with Crippen molar-refractivity contribution < 1.29 is 5.11 Å². The SMILES string of the molecule is Cc1cc(O)ccc1C(N)CN. The molecule has 66 valence electrons. The Morgan fingerprint density at radius 3 is 2.67 bits per heavy atom. The minimum Gasteiger partial charge on any atom is -0.508 e. The van der Waals surface area contributed by atoms with E-state index in [-0.39, 0.29) is 11.8 Å². The molecule has 0 aromatic heterocycles. The van der Waals surface area contributed by atoms with Crippen molar-refractivity contribution in [3.8, 4) is 5.75 Å². The Kier molecular flexibility index (Phi) is 2.68. The first-order valence-corrected chi connectivity index (χ1v) is 3.90. The van der Waals surface area contributed by atoms with Gasteiger partial charge in [-0.1, -0.05) is 6.07 Å². The maximum Gasteiger partial charge on any atom is 0.115 e. The summed E-state index contributed by atoms with van der Waals surface area (Å²) in [4.78, 5) is 0. The molecule has 1 aromatic rings. The number of hydrogen-bond donors (Lipinski definition) is 3. The van der Waals surface area contributed by atoms with Crippen molar-refractivity contribution in [3.63, 3.8) is 0 Å². The second-order valence-electron chi connectivity index (χ2n) is 2.88. The van der Waals surface area contributed by atoms with Crippen LogP contribution >= 0.6 is 0 Å². The van der Waals surface area contributed by atoms with E-state index in [0.717, 1.165) is 11.1 Å². The molecule has 0 fully saturated rings. The molecule has 0 heterocycles. The first kappa shape index (κ1) is 9.03. The van der Waals surface area contributed by atoms with Crippen LogP contribution in [0.3, 0.4) is 0 Å². The highest BCUT2D eigenvalue weighted by Gasteiger charge is 2.06. The molecule has 0 spiro atoms. The second-order valence-corrected chi connectivity index (χ2v) is 2.88. The van der Waals surface area contributed by atoms with Gasteiger partial charge in [0.2, 0.25) is 0 Å².